The molecular weight excluding hydrogens is 332 g/mol. The highest BCUT2D eigenvalue weighted by molar-refractivity contribution is 5.87. The lowest BCUT2D eigenvalue weighted by Gasteiger charge is -2.38. The van der Waals surface area contributed by atoms with Crippen molar-refractivity contribution in [2.45, 2.75) is 84.0 Å². The van der Waals surface area contributed by atoms with E-state index in [1.165, 1.54) is 62.5 Å². The lowest BCUT2D eigenvalue weighted by molar-refractivity contribution is -0.133. The quantitative estimate of drug-likeness (QED) is 0.564. The predicted octanol–water partition coefficient (Wildman–Crippen LogP) is 6.75. The van der Waals surface area contributed by atoms with Crippen molar-refractivity contribution in [1.82, 2.24) is 0 Å². The minimum Gasteiger partial charge on any atom is -0.478 e. The van der Waals surface area contributed by atoms with Crippen molar-refractivity contribution in [2.24, 2.45) is 17.8 Å². The first-order valence-electron chi connectivity index (χ1n) is 11.1. The van der Waals surface area contributed by atoms with Crippen LogP contribution in [0.15, 0.2) is 35.9 Å². The van der Waals surface area contributed by atoms with Crippen LogP contribution in [0.4, 0.5) is 0 Å². The fourth-order valence-electron chi connectivity index (χ4n) is 5.60. The van der Waals surface area contributed by atoms with Crippen molar-refractivity contribution >= 4 is 5.97 Å². The zero-order chi connectivity index (χ0) is 19.2. The monoisotopic (exact) mass is 368 g/mol. The molecule has 0 aliphatic heterocycles. The van der Waals surface area contributed by atoms with Gasteiger partial charge in [-0.1, -0.05) is 43.7 Å². The summed E-state index contributed by atoms with van der Waals surface area (Å²) in [5.74, 6) is 1.99. The minimum absolute atomic E-state index is 0.279. The Labute approximate surface area is 165 Å². The number of hydrogen-bond acceptors (Lipinski definition) is 1. The molecule has 0 atom stereocenters. The summed E-state index contributed by atoms with van der Waals surface area (Å²) in [6, 6.07) is 9.39. The Kier molecular flexibility index (Phi) is 7.15. The van der Waals surface area contributed by atoms with E-state index in [-0.39, 0.29) is 5.92 Å². The molecule has 0 unspecified atom stereocenters. The molecule has 27 heavy (non-hydrogen) atoms. The van der Waals surface area contributed by atoms with Gasteiger partial charge in [-0.2, -0.15) is 0 Å². The second kappa shape index (κ2) is 9.57. The van der Waals surface area contributed by atoms with Gasteiger partial charge in [0.05, 0.1) is 0 Å². The van der Waals surface area contributed by atoms with Gasteiger partial charge in [-0.15, -0.1) is 0 Å². The van der Waals surface area contributed by atoms with Crippen molar-refractivity contribution in [3.8, 4) is 0 Å². The molecule has 1 N–H and O–H groups in total. The van der Waals surface area contributed by atoms with Gasteiger partial charge in [-0.05, 0) is 99.5 Å². The molecule has 0 spiro atoms. The Hall–Kier alpha value is -1.57. The van der Waals surface area contributed by atoms with Gasteiger partial charge >= 0.3 is 5.97 Å². The number of aliphatic carboxylic acids is 1. The molecule has 2 aliphatic carbocycles. The maximum atomic E-state index is 11.4. The zero-order valence-electron chi connectivity index (χ0n) is 17.1. The second-order valence-corrected chi connectivity index (χ2v) is 8.76. The van der Waals surface area contributed by atoms with Crippen LogP contribution in [-0.4, -0.2) is 11.1 Å². The van der Waals surface area contributed by atoms with E-state index in [0.29, 0.717) is 5.57 Å². The summed E-state index contributed by atoms with van der Waals surface area (Å²) in [6.45, 7) is 4.11. The van der Waals surface area contributed by atoms with Gasteiger partial charge in [-0.3, -0.25) is 0 Å². The van der Waals surface area contributed by atoms with Crippen molar-refractivity contribution in [3.63, 3.8) is 0 Å². The van der Waals surface area contributed by atoms with Gasteiger partial charge in [0.1, 0.15) is 0 Å². The van der Waals surface area contributed by atoms with E-state index in [1.807, 2.05) is 13.0 Å². The number of benzene rings is 1. The van der Waals surface area contributed by atoms with Crippen molar-refractivity contribution in [2.75, 3.05) is 0 Å². The van der Waals surface area contributed by atoms with E-state index in [2.05, 4.69) is 31.2 Å². The molecule has 0 saturated heterocycles. The molecule has 1 aromatic rings. The molecule has 2 fully saturated rings. The van der Waals surface area contributed by atoms with E-state index in [1.54, 1.807) is 0 Å². The fraction of sp³-hybridized carbons (Fsp3) is 0.640. The maximum absolute atomic E-state index is 11.4. The number of carbonyl (C=O) groups is 1. The highest BCUT2D eigenvalue weighted by Gasteiger charge is 2.33. The van der Waals surface area contributed by atoms with Gasteiger partial charge < -0.3 is 5.11 Å². The summed E-state index contributed by atoms with van der Waals surface area (Å²) < 4.78 is 0. The van der Waals surface area contributed by atoms with Crippen molar-refractivity contribution < 1.29 is 9.90 Å². The number of hydrogen-bond donors (Lipinski definition) is 1. The molecule has 2 aliphatic rings. The molecule has 0 heterocycles. The fourth-order valence-corrected chi connectivity index (χ4v) is 5.60. The highest BCUT2D eigenvalue weighted by atomic mass is 16.4. The van der Waals surface area contributed by atoms with E-state index in [4.69, 9.17) is 0 Å². The lowest BCUT2D eigenvalue weighted by Crippen LogP contribution is -2.27. The zero-order valence-corrected chi connectivity index (χ0v) is 17.1. The van der Waals surface area contributed by atoms with Gasteiger partial charge in [0.15, 0.2) is 0 Å². The summed E-state index contributed by atoms with van der Waals surface area (Å²) in [6.07, 6.45) is 14.1. The summed E-state index contributed by atoms with van der Waals surface area (Å²) >= 11 is 0. The molecule has 2 saturated carbocycles. The number of carboxylic acids is 1. The third-order valence-electron chi connectivity index (χ3n) is 7.20. The highest BCUT2D eigenvalue weighted by Crippen LogP contribution is 2.44. The third-order valence-corrected chi connectivity index (χ3v) is 7.20. The topological polar surface area (TPSA) is 37.3 Å². The molecule has 2 heteroatoms. The smallest absolute Gasteiger partial charge is 0.331 e. The molecule has 1 aromatic carbocycles. The molecule has 0 aromatic heterocycles. The van der Waals surface area contributed by atoms with Gasteiger partial charge in [-0.25, -0.2) is 4.79 Å². The van der Waals surface area contributed by atoms with Gasteiger partial charge in [0.25, 0.3) is 0 Å². The molecule has 2 nitrogen and oxygen atoms in total. The van der Waals surface area contributed by atoms with E-state index < -0.39 is 5.97 Å². The first-order chi connectivity index (χ1) is 13.1. The number of carboxylic acid groups (broad SMARTS) is 1. The Bertz CT molecular complexity index is 627. The first-order valence-corrected chi connectivity index (χ1v) is 11.1. The molecule has 0 bridgehead atoms. The average Bonchev–Trinajstić information content (AvgIpc) is 2.70. The molecule has 0 amide bonds. The van der Waals surface area contributed by atoms with Crippen LogP contribution in [0.1, 0.15) is 88.7 Å². The van der Waals surface area contributed by atoms with Gasteiger partial charge in [0.2, 0.25) is 0 Å². The number of rotatable bonds is 6. The van der Waals surface area contributed by atoms with E-state index in [0.717, 1.165) is 30.6 Å². The number of aryl methyl sites for hydroxylation is 1. The number of allylic oxidation sites excluding steroid dienone is 1. The summed E-state index contributed by atoms with van der Waals surface area (Å²) in [5, 5.41) is 9.36. The minimum atomic E-state index is -0.716. The Morgan fingerprint density at radius 3 is 2.00 bits per heavy atom. The van der Waals surface area contributed by atoms with Crippen LogP contribution < -0.4 is 0 Å². The van der Waals surface area contributed by atoms with E-state index in [9.17, 15) is 9.90 Å². The summed E-state index contributed by atoms with van der Waals surface area (Å²) in [7, 11) is 0. The largest absolute Gasteiger partial charge is 0.478 e. The summed E-state index contributed by atoms with van der Waals surface area (Å²) in [4.78, 5) is 11.4. The maximum Gasteiger partial charge on any atom is 0.331 e. The van der Waals surface area contributed by atoms with Crippen LogP contribution in [-0.2, 0) is 11.2 Å². The van der Waals surface area contributed by atoms with Crippen LogP contribution in [0.5, 0.6) is 0 Å². The van der Waals surface area contributed by atoms with Crippen LogP contribution in [0.2, 0.25) is 0 Å². The van der Waals surface area contributed by atoms with Crippen LogP contribution >= 0.6 is 0 Å². The standard InChI is InChI=1S/C25H36O2/c1-3-5-18-6-8-19(9-7-18)20-10-12-21(13-11-20)22-14-16-23(17-15-22)24(4-2)25(26)27/h4,6-9,20-23H,3,5,10-17H2,1-2H3,(H,26,27)/t20-,21-,22-,23-. The Morgan fingerprint density at radius 1 is 0.963 bits per heavy atom. The van der Waals surface area contributed by atoms with Crippen molar-refractivity contribution in [1.29, 1.82) is 0 Å². The first kappa shape index (κ1) is 20.2. The lowest BCUT2D eigenvalue weighted by atomic mass is 9.67. The van der Waals surface area contributed by atoms with Crippen LogP contribution in [0.3, 0.4) is 0 Å². The Morgan fingerprint density at radius 2 is 1.52 bits per heavy atom. The summed E-state index contributed by atoms with van der Waals surface area (Å²) in [5.41, 5.74) is 3.65. The SMILES string of the molecule is CC=C(C(=O)O)[C@H]1CC[C@H]([C@H]2CC[C@H](c3ccc(CCC)cc3)CC2)CC1. The predicted molar refractivity (Wildman–Crippen MR) is 112 cm³/mol. The second-order valence-electron chi connectivity index (χ2n) is 8.76. The molecule has 0 radical (unpaired) electrons. The van der Waals surface area contributed by atoms with Crippen LogP contribution in [0.25, 0.3) is 0 Å². The molecule has 148 valence electrons. The van der Waals surface area contributed by atoms with Gasteiger partial charge in [0, 0.05) is 5.57 Å². The van der Waals surface area contributed by atoms with Crippen LogP contribution in [0, 0.1) is 17.8 Å². The third kappa shape index (κ3) is 5.03. The Balaban J connectivity index is 1.48. The van der Waals surface area contributed by atoms with E-state index >= 15 is 0 Å². The molecular formula is C25H36O2. The molecule has 3 rings (SSSR count). The normalized spacial score (nSPS) is 29.5. The van der Waals surface area contributed by atoms with Crippen molar-refractivity contribution in [3.05, 3.63) is 47.0 Å². The average molecular weight is 369 g/mol.